The van der Waals surface area contributed by atoms with Gasteiger partial charge in [-0.3, -0.25) is 19.3 Å². The monoisotopic (exact) mass is 409 g/mol. The van der Waals surface area contributed by atoms with Gasteiger partial charge in [0.25, 0.3) is 0 Å². The lowest BCUT2D eigenvalue weighted by molar-refractivity contribution is -0.178. The van der Waals surface area contributed by atoms with Crippen LogP contribution in [0.4, 0.5) is 0 Å². The number of ether oxygens (including phenoxy) is 3. The highest BCUT2D eigenvalue weighted by atomic mass is 16.6. The van der Waals surface area contributed by atoms with E-state index in [0.717, 1.165) is 11.1 Å². The molecule has 0 saturated carbocycles. The number of benzene rings is 2. The van der Waals surface area contributed by atoms with Crippen molar-refractivity contribution in [3.8, 4) is 0 Å². The first-order chi connectivity index (χ1) is 14.6. The third-order valence-electron chi connectivity index (χ3n) is 5.91. The zero-order valence-electron chi connectivity index (χ0n) is 16.8. The van der Waals surface area contributed by atoms with Crippen molar-refractivity contribution in [2.24, 2.45) is 11.8 Å². The molecule has 7 nitrogen and oxygen atoms in total. The van der Waals surface area contributed by atoms with Gasteiger partial charge in [-0.1, -0.05) is 60.7 Å². The molecular weight excluding hydrogens is 386 g/mol. The number of methoxy groups -OCH3 is 2. The summed E-state index contributed by atoms with van der Waals surface area (Å²) in [6.45, 7) is 0.190. The Balaban J connectivity index is 1.82. The number of nitrogens with zero attached hydrogens (tertiary/aromatic N) is 1. The van der Waals surface area contributed by atoms with Crippen LogP contribution in [0.5, 0.6) is 0 Å². The third kappa shape index (κ3) is 3.35. The number of hydrogen-bond acceptors (Lipinski definition) is 7. The van der Waals surface area contributed by atoms with E-state index in [1.165, 1.54) is 14.2 Å². The van der Waals surface area contributed by atoms with Crippen LogP contribution in [0.3, 0.4) is 0 Å². The lowest BCUT2D eigenvalue weighted by atomic mass is 9.88. The molecule has 0 spiro atoms. The number of hydrogen-bond donors (Lipinski definition) is 0. The number of morpholine rings is 1. The van der Waals surface area contributed by atoms with Gasteiger partial charge in [0.2, 0.25) is 0 Å². The summed E-state index contributed by atoms with van der Waals surface area (Å²) in [4.78, 5) is 40.0. The molecule has 0 aromatic heterocycles. The van der Waals surface area contributed by atoms with Crippen LogP contribution >= 0.6 is 0 Å². The summed E-state index contributed by atoms with van der Waals surface area (Å²) in [6.07, 6.45) is -0.577. The van der Waals surface area contributed by atoms with Crippen molar-refractivity contribution in [1.82, 2.24) is 4.90 Å². The molecule has 0 N–H and O–H groups in total. The molecule has 0 aliphatic carbocycles. The number of cyclic esters (lactones) is 1. The van der Waals surface area contributed by atoms with Gasteiger partial charge in [-0.25, -0.2) is 0 Å². The third-order valence-corrected chi connectivity index (χ3v) is 5.91. The molecule has 0 radical (unpaired) electrons. The van der Waals surface area contributed by atoms with Crippen LogP contribution in [0.1, 0.15) is 23.3 Å². The van der Waals surface area contributed by atoms with Crippen molar-refractivity contribution in [3.05, 3.63) is 71.8 Å². The molecule has 2 aromatic rings. The van der Waals surface area contributed by atoms with Gasteiger partial charge in [0.1, 0.15) is 12.1 Å². The average molecular weight is 409 g/mol. The van der Waals surface area contributed by atoms with Gasteiger partial charge in [-0.05, 0) is 11.1 Å². The zero-order chi connectivity index (χ0) is 21.3. The van der Waals surface area contributed by atoms with Crippen molar-refractivity contribution >= 4 is 17.9 Å². The Kier molecular flexibility index (Phi) is 5.55. The van der Waals surface area contributed by atoms with Crippen molar-refractivity contribution < 1.29 is 28.6 Å². The largest absolute Gasteiger partial charge is 0.469 e. The molecule has 0 unspecified atom stereocenters. The molecule has 156 valence electrons. The fraction of sp³-hybridized carbons (Fsp3) is 0.348. The van der Waals surface area contributed by atoms with Crippen LogP contribution in [0.15, 0.2) is 60.7 Å². The van der Waals surface area contributed by atoms with Gasteiger partial charge < -0.3 is 14.2 Å². The lowest BCUT2D eigenvalue weighted by Crippen LogP contribution is -2.51. The molecule has 2 saturated heterocycles. The summed E-state index contributed by atoms with van der Waals surface area (Å²) in [6, 6.07) is 17.8. The second kappa shape index (κ2) is 8.28. The van der Waals surface area contributed by atoms with Crippen LogP contribution in [0, 0.1) is 11.8 Å². The summed E-state index contributed by atoms with van der Waals surface area (Å²) >= 11 is 0. The maximum absolute atomic E-state index is 13.1. The Labute approximate surface area is 174 Å². The van der Waals surface area contributed by atoms with Crippen molar-refractivity contribution in [1.29, 1.82) is 0 Å². The van der Waals surface area contributed by atoms with E-state index >= 15 is 0 Å². The minimum absolute atomic E-state index is 0.190. The Morgan fingerprint density at radius 3 is 2.00 bits per heavy atom. The number of rotatable bonds is 4. The van der Waals surface area contributed by atoms with E-state index < -0.39 is 41.9 Å². The summed E-state index contributed by atoms with van der Waals surface area (Å²) in [7, 11) is 2.52. The first-order valence-corrected chi connectivity index (χ1v) is 9.78. The van der Waals surface area contributed by atoms with Gasteiger partial charge >= 0.3 is 17.9 Å². The SMILES string of the molecule is COC(=O)[C@H]1[C@H]2C(=O)O[C@H](c3ccccc3)[C@H](c3ccccc3)N2C[C@H]1C(=O)OC. The smallest absolute Gasteiger partial charge is 0.324 e. The molecule has 5 atom stereocenters. The van der Waals surface area contributed by atoms with Crippen LogP contribution in [0.2, 0.25) is 0 Å². The van der Waals surface area contributed by atoms with E-state index in [1.54, 1.807) is 0 Å². The lowest BCUT2D eigenvalue weighted by Gasteiger charge is -2.42. The fourth-order valence-corrected chi connectivity index (χ4v) is 4.59. The minimum Gasteiger partial charge on any atom is -0.469 e. The Morgan fingerprint density at radius 1 is 0.867 bits per heavy atom. The highest BCUT2D eigenvalue weighted by molar-refractivity contribution is 5.91. The molecule has 2 aliphatic rings. The van der Waals surface area contributed by atoms with Crippen molar-refractivity contribution in [3.63, 3.8) is 0 Å². The number of carbonyl (C=O) groups is 3. The molecule has 2 fully saturated rings. The molecule has 2 aromatic carbocycles. The predicted molar refractivity (Wildman–Crippen MR) is 106 cm³/mol. The molecule has 2 aliphatic heterocycles. The van der Waals surface area contributed by atoms with Crippen LogP contribution in [0.25, 0.3) is 0 Å². The van der Waals surface area contributed by atoms with E-state index in [4.69, 9.17) is 14.2 Å². The molecular formula is C23H23NO6. The normalized spacial score (nSPS) is 28.3. The second-order valence-electron chi connectivity index (χ2n) is 7.44. The van der Waals surface area contributed by atoms with Crippen LogP contribution in [-0.4, -0.2) is 49.6 Å². The summed E-state index contributed by atoms with van der Waals surface area (Å²) in [5.41, 5.74) is 1.77. The molecule has 0 bridgehead atoms. The van der Waals surface area contributed by atoms with Gasteiger partial charge in [0.05, 0.1) is 32.1 Å². The zero-order valence-corrected chi connectivity index (χ0v) is 16.8. The average Bonchev–Trinajstić information content (AvgIpc) is 3.20. The minimum atomic E-state index is -0.988. The van der Waals surface area contributed by atoms with Gasteiger partial charge in [-0.15, -0.1) is 0 Å². The summed E-state index contributed by atoms with van der Waals surface area (Å²) in [5.74, 6) is -3.52. The van der Waals surface area contributed by atoms with Gasteiger partial charge in [-0.2, -0.15) is 0 Å². The van der Waals surface area contributed by atoms with Crippen LogP contribution < -0.4 is 0 Å². The first kappa shape index (κ1) is 20.1. The number of fused-ring (bicyclic) bond motifs is 1. The maximum atomic E-state index is 13.1. The Bertz CT molecular complexity index is 931. The summed E-state index contributed by atoms with van der Waals surface area (Å²) in [5, 5.41) is 0. The molecule has 2 heterocycles. The van der Waals surface area contributed by atoms with E-state index in [9.17, 15) is 14.4 Å². The van der Waals surface area contributed by atoms with E-state index in [2.05, 4.69) is 0 Å². The highest BCUT2D eigenvalue weighted by Crippen LogP contribution is 2.48. The first-order valence-electron chi connectivity index (χ1n) is 9.78. The molecule has 7 heteroatoms. The molecule has 0 amide bonds. The second-order valence-corrected chi connectivity index (χ2v) is 7.44. The Hall–Kier alpha value is -3.19. The quantitative estimate of drug-likeness (QED) is 0.566. The number of carbonyl (C=O) groups excluding carboxylic acids is 3. The summed E-state index contributed by atoms with van der Waals surface area (Å²) < 4.78 is 15.8. The molecule has 4 rings (SSSR count). The van der Waals surface area contributed by atoms with Gasteiger partial charge in [0.15, 0.2) is 0 Å². The topological polar surface area (TPSA) is 82.1 Å². The standard InChI is InChI=1S/C23H23NO6/c1-28-21(25)16-13-24-18(14-9-5-3-6-10-14)20(15-11-7-4-8-12-15)30-23(27)19(24)17(16)22(26)29-2/h3-12,16-20H,13H2,1-2H3/t16-,17-,18+,19+,20-/m1/s1. The van der Waals surface area contributed by atoms with E-state index in [1.807, 2.05) is 65.6 Å². The van der Waals surface area contributed by atoms with E-state index in [-0.39, 0.29) is 12.6 Å². The predicted octanol–water partition coefficient (Wildman–Crippen LogP) is 2.29. The maximum Gasteiger partial charge on any atom is 0.324 e. The van der Waals surface area contributed by atoms with Crippen molar-refractivity contribution in [2.45, 2.75) is 18.2 Å². The fourth-order valence-electron chi connectivity index (χ4n) is 4.59. The Morgan fingerprint density at radius 2 is 1.43 bits per heavy atom. The highest BCUT2D eigenvalue weighted by Gasteiger charge is 2.60. The molecule has 30 heavy (non-hydrogen) atoms. The van der Waals surface area contributed by atoms with Crippen LogP contribution in [-0.2, 0) is 28.6 Å². The van der Waals surface area contributed by atoms with E-state index in [0.29, 0.717) is 0 Å². The van der Waals surface area contributed by atoms with Crippen molar-refractivity contribution in [2.75, 3.05) is 20.8 Å². The number of esters is 3. The van der Waals surface area contributed by atoms with Gasteiger partial charge in [0, 0.05) is 6.54 Å².